The molecule has 0 bridgehead atoms. The largest absolute Gasteiger partial charge is 0.369 e. The summed E-state index contributed by atoms with van der Waals surface area (Å²) < 4.78 is 42.2. The number of hydrogen-bond acceptors (Lipinski definition) is 5. The van der Waals surface area contributed by atoms with E-state index in [1.807, 2.05) is 13.1 Å². The number of hydrogen-bond donors (Lipinski definition) is 1. The molecule has 2 aromatic rings. The van der Waals surface area contributed by atoms with Crippen LogP contribution in [0.1, 0.15) is 24.1 Å². The van der Waals surface area contributed by atoms with Crippen LogP contribution in [0.2, 0.25) is 5.02 Å². The Labute approximate surface area is 175 Å². The van der Waals surface area contributed by atoms with Crippen molar-refractivity contribution in [3.8, 4) is 6.07 Å². The van der Waals surface area contributed by atoms with E-state index in [1.54, 1.807) is 13.0 Å². The maximum Gasteiger partial charge on any atom is 0.241 e. The van der Waals surface area contributed by atoms with Gasteiger partial charge in [-0.1, -0.05) is 11.6 Å². The van der Waals surface area contributed by atoms with E-state index < -0.39 is 21.9 Å². The standard InChI is InChI=1S/C20H22ClFN4O2S/c1-14(24-29(27,28)17-5-3-15(13-23)19(21)12-17)18-11-16(22)4-6-20(18)26-9-7-25(2)8-10-26/h3-6,11-12,14,24H,7-10H2,1-2H3. The van der Waals surface area contributed by atoms with Crippen LogP contribution in [-0.4, -0.2) is 46.5 Å². The summed E-state index contributed by atoms with van der Waals surface area (Å²) in [5.41, 5.74) is 1.58. The highest BCUT2D eigenvalue weighted by atomic mass is 35.5. The van der Waals surface area contributed by atoms with Crippen LogP contribution in [0, 0.1) is 17.1 Å². The SMILES string of the molecule is CC(NS(=O)(=O)c1ccc(C#N)c(Cl)c1)c1cc(F)ccc1N1CCN(C)CC1. The summed E-state index contributed by atoms with van der Waals surface area (Å²) in [6, 6.07) is 9.60. The zero-order chi connectivity index (χ0) is 21.2. The lowest BCUT2D eigenvalue weighted by molar-refractivity contribution is 0.312. The summed E-state index contributed by atoms with van der Waals surface area (Å²) in [5, 5.41) is 9.02. The fourth-order valence-electron chi connectivity index (χ4n) is 3.33. The molecule has 1 saturated heterocycles. The van der Waals surface area contributed by atoms with E-state index in [4.69, 9.17) is 16.9 Å². The number of anilines is 1. The van der Waals surface area contributed by atoms with E-state index in [1.165, 1.54) is 30.3 Å². The maximum absolute atomic E-state index is 14.0. The minimum atomic E-state index is -3.92. The molecule has 1 unspecified atom stereocenters. The predicted molar refractivity (Wildman–Crippen MR) is 111 cm³/mol. The Morgan fingerprint density at radius 2 is 1.86 bits per heavy atom. The number of piperazine rings is 1. The van der Waals surface area contributed by atoms with Crippen LogP contribution in [0.4, 0.5) is 10.1 Å². The third-order valence-electron chi connectivity index (χ3n) is 5.00. The Hall–Kier alpha value is -2.18. The monoisotopic (exact) mass is 436 g/mol. The first-order valence-corrected chi connectivity index (χ1v) is 11.0. The van der Waals surface area contributed by atoms with Gasteiger partial charge in [0.25, 0.3) is 0 Å². The van der Waals surface area contributed by atoms with E-state index in [0.717, 1.165) is 31.9 Å². The van der Waals surface area contributed by atoms with Crippen molar-refractivity contribution < 1.29 is 12.8 Å². The van der Waals surface area contributed by atoms with E-state index in [2.05, 4.69) is 14.5 Å². The van der Waals surface area contributed by atoms with Crippen molar-refractivity contribution in [2.45, 2.75) is 17.9 Å². The molecule has 6 nitrogen and oxygen atoms in total. The first-order chi connectivity index (χ1) is 13.7. The molecular formula is C20H22ClFN4O2S. The molecule has 1 aliphatic heterocycles. The van der Waals surface area contributed by atoms with Crippen LogP contribution >= 0.6 is 11.6 Å². The summed E-state index contributed by atoms with van der Waals surface area (Å²) in [4.78, 5) is 4.30. The molecule has 154 valence electrons. The minimum absolute atomic E-state index is 0.0501. The van der Waals surface area contributed by atoms with Crippen LogP contribution in [0.25, 0.3) is 0 Å². The van der Waals surface area contributed by atoms with Gasteiger partial charge in [-0.25, -0.2) is 17.5 Å². The zero-order valence-corrected chi connectivity index (χ0v) is 17.8. The molecule has 0 radical (unpaired) electrons. The summed E-state index contributed by atoms with van der Waals surface area (Å²) in [5.74, 6) is -0.426. The van der Waals surface area contributed by atoms with Crippen LogP contribution in [0.3, 0.4) is 0 Å². The fraction of sp³-hybridized carbons (Fsp3) is 0.350. The molecule has 0 spiro atoms. The molecule has 1 fully saturated rings. The number of likely N-dealkylation sites (N-methyl/N-ethyl adjacent to an activating group) is 1. The van der Waals surface area contributed by atoms with Gasteiger partial charge in [0.2, 0.25) is 10.0 Å². The minimum Gasteiger partial charge on any atom is -0.369 e. The molecule has 2 aromatic carbocycles. The number of nitriles is 1. The Kier molecular flexibility index (Phi) is 6.44. The third-order valence-corrected chi connectivity index (χ3v) is 6.85. The van der Waals surface area contributed by atoms with Crippen molar-refractivity contribution in [2.24, 2.45) is 0 Å². The quantitative estimate of drug-likeness (QED) is 0.779. The topological polar surface area (TPSA) is 76.4 Å². The van der Waals surface area contributed by atoms with Gasteiger partial charge in [0.05, 0.1) is 15.5 Å². The Bertz CT molecular complexity index is 1050. The zero-order valence-electron chi connectivity index (χ0n) is 16.2. The molecule has 1 N–H and O–H groups in total. The van der Waals surface area contributed by atoms with Crippen molar-refractivity contribution in [1.82, 2.24) is 9.62 Å². The van der Waals surface area contributed by atoms with Gasteiger partial charge in [-0.15, -0.1) is 0 Å². The molecule has 0 saturated carbocycles. The number of nitrogens with zero attached hydrogens (tertiary/aromatic N) is 3. The number of halogens is 2. The highest BCUT2D eigenvalue weighted by Crippen LogP contribution is 2.30. The van der Waals surface area contributed by atoms with Crippen molar-refractivity contribution in [1.29, 1.82) is 5.26 Å². The lowest BCUT2D eigenvalue weighted by atomic mass is 10.0. The van der Waals surface area contributed by atoms with Crippen LogP contribution in [0.15, 0.2) is 41.3 Å². The van der Waals surface area contributed by atoms with E-state index in [0.29, 0.717) is 5.56 Å². The van der Waals surface area contributed by atoms with Crippen LogP contribution in [0.5, 0.6) is 0 Å². The van der Waals surface area contributed by atoms with Gasteiger partial charge in [0, 0.05) is 37.9 Å². The van der Waals surface area contributed by atoms with Crippen molar-refractivity contribution in [3.05, 3.63) is 58.4 Å². The third kappa shape index (κ3) is 4.87. The average Bonchev–Trinajstić information content (AvgIpc) is 2.68. The predicted octanol–water partition coefficient (Wildman–Crippen LogP) is 3.14. The molecule has 29 heavy (non-hydrogen) atoms. The van der Waals surface area contributed by atoms with Gasteiger partial charge in [-0.3, -0.25) is 0 Å². The Morgan fingerprint density at radius 3 is 2.48 bits per heavy atom. The van der Waals surface area contributed by atoms with Crippen molar-refractivity contribution >= 4 is 27.3 Å². The maximum atomic E-state index is 14.0. The molecule has 1 aliphatic rings. The molecule has 0 amide bonds. The second-order valence-corrected chi connectivity index (χ2v) is 9.21. The van der Waals surface area contributed by atoms with E-state index >= 15 is 0 Å². The summed E-state index contributed by atoms with van der Waals surface area (Å²) in [6.07, 6.45) is 0. The molecule has 3 rings (SSSR count). The van der Waals surface area contributed by atoms with Crippen LogP contribution < -0.4 is 9.62 Å². The lowest BCUT2D eigenvalue weighted by Gasteiger charge is -2.36. The van der Waals surface area contributed by atoms with E-state index in [9.17, 15) is 12.8 Å². The first-order valence-electron chi connectivity index (χ1n) is 9.16. The smallest absolute Gasteiger partial charge is 0.241 e. The fourth-order valence-corrected chi connectivity index (χ4v) is 4.86. The summed E-state index contributed by atoms with van der Waals surface area (Å²) >= 11 is 5.97. The van der Waals surface area contributed by atoms with E-state index in [-0.39, 0.29) is 15.5 Å². The van der Waals surface area contributed by atoms with Crippen LogP contribution in [-0.2, 0) is 10.0 Å². The van der Waals surface area contributed by atoms with Crippen molar-refractivity contribution in [2.75, 3.05) is 38.1 Å². The van der Waals surface area contributed by atoms with Crippen molar-refractivity contribution in [3.63, 3.8) is 0 Å². The highest BCUT2D eigenvalue weighted by molar-refractivity contribution is 7.89. The molecule has 9 heteroatoms. The van der Waals surface area contributed by atoms with Gasteiger partial charge in [0.1, 0.15) is 11.9 Å². The number of rotatable bonds is 5. The summed E-state index contributed by atoms with van der Waals surface area (Å²) in [7, 11) is -1.87. The van der Waals surface area contributed by atoms with Gasteiger partial charge < -0.3 is 9.80 Å². The number of sulfonamides is 1. The average molecular weight is 437 g/mol. The van der Waals surface area contributed by atoms with Gasteiger partial charge in [0.15, 0.2) is 0 Å². The Morgan fingerprint density at radius 1 is 1.17 bits per heavy atom. The summed E-state index contributed by atoms with van der Waals surface area (Å²) in [6.45, 7) is 4.98. The second kappa shape index (κ2) is 8.67. The number of nitrogens with one attached hydrogen (secondary N) is 1. The normalized spacial score (nSPS) is 16.4. The molecule has 1 atom stereocenters. The second-order valence-electron chi connectivity index (χ2n) is 7.09. The number of benzene rings is 2. The molecule has 0 aromatic heterocycles. The lowest BCUT2D eigenvalue weighted by Crippen LogP contribution is -2.45. The highest BCUT2D eigenvalue weighted by Gasteiger charge is 2.24. The van der Waals surface area contributed by atoms with Gasteiger partial charge >= 0.3 is 0 Å². The molecular weight excluding hydrogens is 415 g/mol. The Balaban J connectivity index is 1.88. The molecule has 1 heterocycles. The molecule has 0 aliphatic carbocycles. The first kappa shape index (κ1) is 21.5. The van der Waals surface area contributed by atoms with Gasteiger partial charge in [-0.2, -0.15) is 5.26 Å². The van der Waals surface area contributed by atoms with Gasteiger partial charge in [-0.05, 0) is 55.9 Å².